The summed E-state index contributed by atoms with van der Waals surface area (Å²) >= 11 is 0. The fourth-order valence-electron chi connectivity index (χ4n) is 3.10. The molecule has 154 valence electrons. The van der Waals surface area contributed by atoms with Crippen LogP contribution in [0.25, 0.3) is 0 Å². The van der Waals surface area contributed by atoms with E-state index in [4.69, 9.17) is 0 Å². The highest BCUT2D eigenvalue weighted by Crippen LogP contribution is 2.22. The lowest BCUT2D eigenvalue weighted by atomic mass is 10.2. The van der Waals surface area contributed by atoms with Gasteiger partial charge in [-0.2, -0.15) is 0 Å². The Balaban J connectivity index is 1.56. The number of carbonyl (C=O) groups is 2. The molecule has 1 heterocycles. The molecule has 2 fully saturated rings. The van der Waals surface area contributed by atoms with Gasteiger partial charge in [0, 0.05) is 44.3 Å². The van der Waals surface area contributed by atoms with Crippen LogP contribution in [0.2, 0.25) is 0 Å². The van der Waals surface area contributed by atoms with Crippen molar-refractivity contribution < 1.29 is 18.0 Å². The minimum Gasteiger partial charge on any atom is -0.355 e. The lowest BCUT2D eigenvalue weighted by Crippen LogP contribution is -2.51. The Hall–Kier alpha value is -1.97. The molecule has 2 aliphatic rings. The van der Waals surface area contributed by atoms with Gasteiger partial charge in [-0.25, -0.2) is 13.1 Å². The minimum atomic E-state index is -3.59. The summed E-state index contributed by atoms with van der Waals surface area (Å²) in [5.74, 6) is -0.179. The normalized spacial score (nSPS) is 18.1. The molecule has 0 unspecified atom stereocenters. The van der Waals surface area contributed by atoms with Gasteiger partial charge in [0.05, 0.1) is 11.4 Å². The molecule has 1 aliphatic carbocycles. The Labute approximate surface area is 166 Å². The fraction of sp³-hybridized carbons (Fsp3) is 0.579. The summed E-state index contributed by atoms with van der Waals surface area (Å²) < 4.78 is 27.4. The monoisotopic (exact) mass is 408 g/mol. The SMILES string of the molecule is CCCNC(=O)CN1CCN(C(=O)c2cccc(S(=O)(=O)NC3CC3)c2)CC1. The second kappa shape index (κ2) is 9.02. The van der Waals surface area contributed by atoms with Gasteiger partial charge in [-0.3, -0.25) is 14.5 Å². The van der Waals surface area contributed by atoms with Crippen molar-refractivity contribution in [2.45, 2.75) is 37.1 Å². The Kier molecular flexibility index (Phi) is 6.69. The molecule has 0 spiro atoms. The third kappa shape index (κ3) is 5.52. The van der Waals surface area contributed by atoms with Gasteiger partial charge in [-0.15, -0.1) is 0 Å². The van der Waals surface area contributed by atoms with Crippen molar-refractivity contribution in [3.63, 3.8) is 0 Å². The minimum absolute atomic E-state index is 0.00250. The largest absolute Gasteiger partial charge is 0.355 e. The molecular weight excluding hydrogens is 380 g/mol. The smallest absolute Gasteiger partial charge is 0.253 e. The van der Waals surface area contributed by atoms with Gasteiger partial charge in [0.25, 0.3) is 5.91 Å². The van der Waals surface area contributed by atoms with E-state index in [1.165, 1.54) is 12.1 Å². The van der Waals surface area contributed by atoms with E-state index in [1.54, 1.807) is 17.0 Å². The van der Waals surface area contributed by atoms with Crippen LogP contribution < -0.4 is 10.0 Å². The zero-order valence-corrected chi connectivity index (χ0v) is 17.0. The van der Waals surface area contributed by atoms with Gasteiger partial charge in [0.15, 0.2) is 0 Å². The highest BCUT2D eigenvalue weighted by Gasteiger charge is 2.29. The molecule has 8 nitrogen and oxygen atoms in total. The van der Waals surface area contributed by atoms with E-state index in [9.17, 15) is 18.0 Å². The number of piperazine rings is 1. The van der Waals surface area contributed by atoms with Crippen molar-refractivity contribution in [2.75, 3.05) is 39.3 Å². The molecule has 0 bridgehead atoms. The van der Waals surface area contributed by atoms with Crippen LogP contribution >= 0.6 is 0 Å². The molecule has 1 aliphatic heterocycles. The zero-order valence-electron chi connectivity index (χ0n) is 16.2. The van der Waals surface area contributed by atoms with Crippen LogP contribution in [-0.2, 0) is 14.8 Å². The summed E-state index contributed by atoms with van der Waals surface area (Å²) in [5, 5.41) is 2.85. The molecule has 1 saturated carbocycles. The van der Waals surface area contributed by atoms with Gasteiger partial charge >= 0.3 is 0 Å². The number of nitrogens with zero attached hydrogens (tertiary/aromatic N) is 2. The van der Waals surface area contributed by atoms with Crippen LogP contribution in [0.4, 0.5) is 0 Å². The van der Waals surface area contributed by atoms with Gasteiger partial charge in [-0.05, 0) is 37.5 Å². The van der Waals surface area contributed by atoms with Crippen LogP contribution in [-0.4, -0.2) is 75.3 Å². The average Bonchev–Trinajstić information content (AvgIpc) is 3.50. The van der Waals surface area contributed by atoms with E-state index >= 15 is 0 Å². The van der Waals surface area contributed by atoms with Crippen LogP contribution in [0.5, 0.6) is 0 Å². The molecule has 28 heavy (non-hydrogen) atoms. The summed E-state index contributed by atoms with van der Waals surface area (Å²) in [6.07, 6.45) is 2.62. The Morgan fingerprint density at radius 1 is 1.14 bits per heavy atom. The summed E-state index contributed by atoms with van der Waals surface area (Å²) in [4.78, 5) is 28.5. The molecule has 1 aromatic carbocycles. The summed E-state index contributed by atoms with van der Waals surface area (Å²) in [7, 11) is -3.59. The third-order valence-electron chi connectivity index (χ3n) is 4.89. The predicted octanol–water partition coefficient (Wildman–Crippen LogP) is 0.411. The van der Waals surface area contributed by atoms with Crippen LogP contribution in [0, 0.1) is 0 Å². The highest BCUT2D eigenvalue weighted by molar-refractivity contribution is 7.89. The summed E-state index contributed by atoms with van der Waals surface area (Å²) in [5.41, 5.74) is 0.368. The topological polar surface area (TPSA) is 98.8 Å². The molecule has 2 amide bonds. The molecule has 3 rings (SSSR count). The van der Waals surface area contributed by atoms with Crippen molar-refractivity contribution in [1.82, 2.24) is 19.8 Å². The molecule has 0 atom stereocenters. The van der Waals surface area contributed by atoms with Crippen LogP contribution in [0.3, 0.4) is 0 Å². The standard InChI is InChI=1S/C19H28N4O4S/c1-2-8-20-18(24)14-22-9-11-23(12-10-22)19(25)15-4-3-5-17(13-15)28(26,27)21-16-6-7-16/h3-5,13,16,21H,2,6-12,14H2,1H3,(H,20,24). The van der Waals surface area contributed by atoms with Crippen molar-refractivity contribution in [2.24, 2.45) is 0 Å². The average molecular weight is 409 g/mol. The fourth-order valence-corrected chi connectivity index (χ4v) is 4.45. The molecule has 1 saturated heterocycles. The second-order valence-corrected chi connectivity index (χ2v) is 9.06. The predicted molar refractivity (Wildman–Crippen MR) is 105 cm³/mol. The van der Waals surface area contributed by atoms with Gasteiger partial charge in [0.2, 0.25) is 15.9 Å². The van der Waals surface area contributed by atoms with E-state index in [1.807, 2.05) is 11.8 Å². The number of amides is 2. The Bertz CT molecular complexity index is 815. The van der Waals surface area contributed by atoms with Gasteiger partial charge in [-0.1, -0.05) is 13.0 Å². The van der Waals surface area contributed by atoms with Gasteiger partial charge in [0.1, 0.15) is 0 Å². The van der Waals surface area contributed by atoms with E-state index in [0.29, 0.717) is 44.8 Å². The Morgan fingerprint density at radius 3 is 2.50 bits per heavy atom. The maximum absolute atomic E-state index is 12.8. The van der Waals surface area contributed by atoms with Crippen molar-refractivity contribution >= 4 is 21.8 Å². The number of benzene rings is 1. The number of carbonyl (C=O) groups excluding carboxylic acids is 2. The molecule has 0 radical (unpaired) electrons. The first kappa shape index (κ1) is 20.8. The van der Waals surface area contributed by atoms with Crippen molar-refractivity contribution in [1.29, 1.82) is 0 Å². The number of hydrogen-bond acceptors (Lipinski definition) is 5. The lowest BCUT2D eigenvalue weighted by Gasteiger charge is -2.34. The van der Waals surface area contributed by atoms with E-state index < -0.39 is 10.0 Å². The number of nitrogens with one attached hydrogen (secondary N) is 2. The van der Waals surface area contributed by atoms with E-state index in [2.05, 4.69) is 10.0 Å². The highest BCUT2D eigenvalue weighted by atomic mass is 32.2. The second-order valence-electron chi connectivity index (χ2n) is 7.34. The third-order valence-corrected chi connectivity index (χ3v) is 6.41. The van der Waals surface area contributed by atoms with Crippen molar-refractivity contribution in [3.05, 3.63) is 29.8 Å². The first-order chi connectivity index (χ1) is 13.4. The maximum Gasteiger partial charge on any atom is 0.253 e. The number of rotatable bonds is 8. The molecule has 2 N–H and O–H groups in total. The zero-order chi connectivity index (χ0) is 20.1. The molecular formula is C19H28N4O4S. The first-order valence-electron chi connectivity index (χ1n) is 9.80. The Morgan fingerprint density at radius 2 is 1.86 bits per heavy atom. The molecule has 1 aromatic rings. The summed E-state index contributed by atoms with van der Waals surface area (Å²) in [6.45, 7) is 5.27. The quantitative estimate of drug-likeness (QED) is 0.649. The van der Waals surface area contributed by atoms with Crippen LogP contribution in [0.15, 0.2) is 29.2 Å². The van der Waals surface area contributed by atoms with Crippen molar-refractivity contribution in [3.8, 4) is 0 Å². The van der Waals surface area contributed by atoms with Crippen LogP contribution in [0.1, 0.15) is 36.5 Å². The first-order valence-corrected chi connectivity index (χ1v) is 11.3. The maximum atomic E-state index is 12.8. The summed E-state index contributed by atoms with van der Waals surface area (Å²) in [6, 6.07) is 6.21. The molecule has 9 heteroatoms. The molecule has 0 aromatic heterocycles. The van der Waals surface area contributed by atoms with Gasteiger partial charge < -0.3 is 10.2 Å². The number of hydrogen-bond donors (Lipinski definition) is 2. The van der Waals surface area contributed by atoms with E-state index in [0.717, 1.165) is 19.3 Å². The number of sulfonamides is 1. The van der Waals surface area contributed by atoms with E-state index in [-0.39, 0.29) is 22.8 Å². The lowest BCUT2D eigenvalue weighted by molar-refractivity contribution is -0.122.